The van der Waals surface area contributed by atoms with E-state index < -0.39 is 24.5 Å². The lowest BCUT2D eigenvalue weighted by Crippen LogP contribution is -2.58. The van der Waals surface area contributed by atoms with Gasteiger partial charge in [-0.3, -0.25) is 9.59 Å². The summed E-state index contributed by atoms with van der Waals surface area (Å²) in [6.45, 7) is 21.5. The zero-order valence-corrected chi connectivity index (χ0v) is 27.9. The van der Waals surface area contributed by atoms with Crippen LogP contribution >= 0.6 is 16.1 Å². The highest BCUT2D eigenvalue weighted by Crippen LogP contribution is 2.93. The number of hydrogen-bond acceptors (Lipinski definition) is 5. The van der Waals surface area contributed by atoms with Crippen LogP contribution < -0.4 is 0 Å². The second-order valence-corrected chi connectivity index (χ2v) is 23.7. The molecule has 3 heterocycles. The van der Waals surface area contributed by atoms with Gasteiger partial charge in [0, 0.05) is 19.3 Å². The van der Waals surface area contributed by atoms with Gasteiger partial charge in [-0.05, 0) is 56.7 Å². The summed E-state index contributed by atoms with van der Waals surface area (Å²) in [6.07, 6.45) is 8.38. The van der Waals surface area contributed by atoms with Crippen LogP contribution in [0.5, 0.6) is 0 Å². The Morgan fingerprint density at radius 1 is 0.816 bits per heavy atom. The molecule has 7 nitrogen and oxygen atoms in total. The molecule has 3 fully saturated rings. The number of amides is 2. The Hall–Kier alpha value is -1.10. The summed E-state index contributed by atoms with van der Waals surface area (Å²) in [7, 11) is -4.56. The van der Waals surface area contributed by atoms with Crippen LogP contribution in [0.1, 0.15) is 107 Å². The molecule has 0 bridgehead atoms. The van der Waals surface area contributed by atoms with E-state index in [1.54, 1.807) is 13.8 Å². The predicted octanol–water partition coefficient (Wildman–Crippen LogP) is 8.09. The van der Waals surface area contributed by atoms with Crippen LogP contribution in [0.3, 0.4) is 0 Å². The van der Waals surface area contributed by atoms with Gasteiger partial charge in [-0.25, -0.2) is 9.56 Å². The smallest absolute Gasteiger partial charge is 0.250 e. The van der Waals surface area contributed by atoms with Crippen LogP contribution in [0.4, 0.5) is 0 Å². The lowest BCUT2D eigenvalue weighted by Gasteiger charge is -2.49. The summed E-state index contributed by atoms with van der Waals surface area (Å²) >= 11 is 0. The van der Waals surface area contributed by atoms with Gasteiger partial charge < -0.3 is 4.43 Å². The van der Waals surface area contributed by atoms with Crippen LogP contribution in [0.15, 0.2) is 21.0 Å². The number of nitrogens with zero attached hydrogens (tertiary/aromatic N) is 4. The molecule has 0 aromatic heterocycles. The zero-order chi connectivity index (χ0) is 28.1. The highest BCUT2D eigenvalue weighted by atomic mass is 31.2. The Kier molecular flexibility index (Phi) is 6.69. The van der Waals surface area contributed by atoms with Crippen molar-refractivity contribution in [3.63, 3.8) is 0 Å². The molecule has 3 aliphatic heterocycles. The maximum Gasteiger partial charge on any atom is 0.250 e. The third kappa shape index (κ3) is 3.71. The van der Waals surface area contributed by atoms with Crippen molar-refractivity contribution in [1.82, 2.24) is 9.56 Å². The van der Waals surface area contributed by atoms with Crippen molar-refractivity contribution >= 4 is 47.7 Å². The minimum atomic E-state index is -2.24. The summed E-state index contributed by atoms with van der Waals surface area (Å²) in [5.41, 5.74) is 2.11. The molecule has 0 radical (unpaired) electrons. The molecule has 1 saturated heterocycles. The van der Waals surface area contributed by atoms with Gasteiger partial charge in [0.2, 0.25) is 20.1 Å². The van der Waals surface area contributed by atoms with Crippen molar-refractivity contribution in [1.29, 1.82) is 0 Å². The number of hydrazone groups is 2. The summed E-state index contributed by atoms with van der Waals surface area (Å²) in [5.74, 6) is 1.03. The number of allylic oxidation sites excluding steroid dienone is 1. The first-order valence-electron chi connectivity index (χ1n) is 14.3. The van der Waals surface area contributed by atoms with Gasteiger partial charge in [0.1, 0.15) is 0 Å². The van der Waals surface area contributed by atoms with E-state index in [-0.39, 0.29) is 32.6 Å². The predicted molar refractivity (Wildman–Crippen MR) is 161 cm³/mol. The van der Waals surface area contributed by atoms with E-state index in [4.69, 9.17) is 14.6 Å². The summed E-state index contributed by atoms with van der Waals surface area (Å²) < 4.78 is 11.1. The lowest BCUT2D eigenvalue weighted by molar-refractivity contribution is -0.124. The molecule has 2 spiro atoms. The zero-order valence-electron chi connectivity index (χ0n) is 25.1. The normalized spacial score (nSPS) is 32.7. The highest BCUT2D eigenvalue weighted by molar-refractivity contribution is 7.87. The Morgan fingerprint density at radius 2 is 1.24 bits per heavy atom. The van der Waals surface area contributed by atoms with E-state index in [9.17, 15) is 9.59 Å². The van der Waals surface area contributed by atoms with Crippen molar-refractivity contribution in [3.05, 3.63) is 10.8 Å². The Bertz CT molecular complexity index is 1100. The average molecular weight is 577 g/mol. The molecule has 0 N–H and O–H groups in total. The topological polar surface area (TPSA) is 74.6 Å². The highest BCUT2D eigenvalue weighted by Gasteiger charge is 2.79. The molecule has 2 aliphatic carbocycles. The lowest BCUT2D eigenvalue weighted by atomic mass is 9.69. The standard InChI is InChI=1S/C28H46N4O3P2Si/c1-19(33)31-29-21-15-11-13-17-27(21)28-18-14-12-16-22(28)30-32(20(2)34)37(28)24(36(27)31)23(25(3,4)5)35-38(9,10)26(6,7)8/h11-18H2,1-10H3. The van der Waals surface area contributed by atoms with Gasteiger partial charge in [0.15, 0.2) is 0 Å². The fraction of sp³-hybridized carbons (Fsp3) is 0.786. The summed E-state index contributed by atoms with van der Waals surface area (Å²) in [6, 6.07) is 0. The van der Waals surface area contributed by atoms with Gasteiger partial charge in [0.25, 0.3) is 0 Å². The van der Waals surface area contributed by atoms with E-state index in [0.717, 1.165) is 57.1 Å². The summed E-state index contributed by atoms with van der Waals surface area (Å²) in [5, 5.41) is 11.1. The first-order valence-corrected chi connectivity index (χ1v) is 19.8. The number of carbonyl (C=O) groups is 2. The van der Waals surface area contributed by atoms with Crippen molar-refractivity contribution in [2.24, 2.45) is 15.6 Å². The Labute approximate surface area is 232 Å². The molecule has 2 saturated carbocycles. The Morgan fingerprint density at radius 3 is 1.58 bits per heavy atom. The quantitative estimate of drug-likeness (QED) is 0.189. The van der Waals surface area contributed by atoms with Crippen LogP contribution in [0.2, 0.25) is 18.1 Å². The SMILES string of the molecule is CC(=O)N1N=C2CCCCC23P1C(=C(O[Si](C)(C)C(C)(C)C)C(C)(C)C)P1N(C(C)=O)N=C2CCCCC213. The van der Waals surface area contributed by atoms with E-state index in [1.807, 2.05) is 9.56 Å². The molecule has 5 aliphatic rings. The van der Waals surface area contributed by atoms with E-state index in [1.165, 1.54) is 16.5 Å². The van der Waals surface area contributed by atoms with Crippen molar-refractivity contribution in [3.8, 4) is 0 Å². The monoisotopic (exact) mass is 576 g/mol. The van der Waals surface area contributed by atoms with Gasteiger partial charge >= 0.3 is 0 Å². The molecule has 10 heteroatoms. The summed E-state index contributed by atoms with van der Waals surface area (Å²) in [4.78, 5) is 26.7. The first-order chi connectivity index (χ1) is 17.5. The molecule has 0 aromatic carbocycles. The average Bonchev–Trinajstić information content (AvgIpc) is 3.39. The van der Waals surface area contributed by atoms with Crippen LogP contribution in [0, 0.1) is 5.41 Å². The van der Waals surface area contributed by atoms with E-state index in [2.05, 4.69) is 54.6 Å². The minimum Gasteiger partial charge on any atom is -0.545 e. The molecule has 5 rings (SSSR count). The molecular weight excluding hydrogens is 530 g/mol. The molecule has 4 unspecified atom stereocenters. The van der Waals surface area contributed by atoms with Crippen LogP contribution in [-0.4, -0.2) is 51.4 Å². The van der Waals surface area contributed by atoms with Gasteiger partial charge in [0.05, 0.1) is 48.7 Å². The molecular formula is C28H46N4O3P2Si. The molecule has 2 amide bonds. The molecule has 38 heavy (non-hydrogen) atoms. The third-order valence-corrected chi connectivity index (χ3v) is 21.1. The van der Waals surface area contributed by atoms with Gasteiger partial charge in [-0.2, -0.15) is 10.2 Å². The van der Waals surface area contributed by atoms with E-state index in [0.29, 0.717) is 0 Å². The minimum absolute atomic E-state index is 0.00622. The Balaban J connectivity index is 1.88. The number of rotatable bonds is 2. The second-order valence-electron chi connectivity index (χ2n) is 14.2. The van der Waals surface area contributed by atoms with Crippen LogP contribution in [-0.2, 0) is 14.0 Å². The fourth-order valence-corrected chi connectivity index (χ4v) is 17.6. The third-order valence-electron chi connectivity index (χ3n) is 9.59. The van der Waals surface area contributed by atoms with Crippen molar-refractivity contribution in [2.75, 3.05) is 0 Å². The largest absolute Gasteiger partial charge is 0.545 e. The molecule has 4 atom stereocenters. The first kappa shape index (κ1) is 28.4. The molecule has 0 aromatic rings. The van der Waals surface area contributed by atoms with Crippen molar-refractivity contribution < 1.29 is 14.0 Å². The van der Waals surface area contributed by atoms with Gasteiger partial charge in [-0.15, -0.1) is 0 Å². The maximum atomic E-state index is 13.4. The number of carbonyl (C=O) groups excluding carboxylic acids is 2. The fourth-order valence-electron chi connectivity index (χ4n) is 6.84. The number of hydrogen-bond donors (Lipinski definition) is 0. The second kappa shape index (κ2) is 8.95. The maximum absolute atomic E-state index is 13.4. The van der Waals surface area contributed by atoms with Gasteiger partial charge in [-0.1, -0.05) is 54.4 Å². The van der Waals surface area contributed by atoms with Crippen LogP contribution in [0.25, 0.3) is 0 Å². The molecule has 210 valence electrons. The van der Waals surface area contributed by atoms with E-state index >= 15 is 0 Å². The van der Waals surface area contributed by atoms with Crippen molar-refractivity contribution in [2.45, 2.75) is 135 Å².